The molecule has 1 amide bonds. The summed E-state index contributed by atoms with van der Waals surface area (Å²) in [6.45, 7) is 7.29. The van der Waals surface area contributed by atoms with E-state index in [1.165, 1.54) is 0 Å². The van der Waals surface area contributed by atoms with Gasteiger partial charge in [0.05, 0.1) is 0 Å². The number of carbonyl (C=O) groups is 1. The molecule has 1 rings (SSSR count). The number of halogens is 1. The average molecular weight is 256 g/mol. The van der Waals surface area contributed by atoms with Crippen LogP contribution in [0.2, 0.25) is 5.02 Å². The van der Waals surface area contributed by atoms with Crippen LogP contribution in [0.5, 0.6) is 5.75 Å². The molecule has 94 valence electrons. The van der Waals surface area contributed by atoms with Gasteiger partial charge in [0.25, 0.3) is 5.91 Å². The second-order valence-corrected chi connectivity index (χ2v) is 4.17. The van der Waals surface area contributed by atoms with Gasteiger partial charge >= 0.3 is 0 Å². The van der Waals surface area contributed by atoms with Crippen LogP contribution < -0.4 is 4.74 Å². The zero-order valence-corrected chi connectivity index (χ0v) is 11.3. The molecule has 0 saturated heterocycles. The molecule has 1 aromatic carbocycles. The standard InChI is InChI=1S/C13H18ClNO2/c1-4-15(5-2)13(16)9-17-11-6-7-12(14)10(3)8-11/h6-8H,4-5,9H2,1-3H3. The monoisotopic (exact) mass is 255 g/mol. The number of rotatable bonds is 5. The molecule has 0 heterocycles. The Bertz CT molecular complexity index is 389. The van der Waals surface area contributed by atoms with Crippen LogP contribution in [0.25, 0.3) is 0 Å². The summed E-state index contributed by atoms with van der Waals surface area (Å²) in [6.07, 6.45) is 0. The van der Waals surface area contributed by atoms with Gasteiger partial charge in [-0.1, -0.05) is 11.6 Å². The fraction of sp³-hybridized carbons (Fsp3) is 0.462. The van der Waals surface area contributed by atoms with Crippen molar-refractivity contribution in [2.75, 3.05) is 19.7 Å². The molecule has 0 aromatic heterocycles. The summed E-state index contributed by atoms with van der Waals surface area (Å²) in [5, 5.41) is 0.701. The number of hydrogen-bond acceptors (Lipinski definition) is 2. The molecule has 0 spiro atoms. The first kappa shape index (κ1) is 13.8. The van der Waals surface area contributed by atoms with E-state index < -0.39 is 0 Å². The van der Waals surface area contributed by atoms with Gasteiger partial charge in [-0.2, -0.15) is 0 Å². The molecule has 17 heavy (non-hydrogen) atoms. The van der Waals surface area contributed by atoms with E-state index in [1.807, 2.05) is 26.8 Å². The number of ether oxygens (including phenoxy) is 1. The molecule has 0 bridgehead atoms. The molecule has 0 atom stereocenters. The van der Waals surface area contributed by atoms with E-state index in [4.69, 9.17) is 16.3 Å². The molecule has 0 unspecified atom stereocenters. The van der Waals surface area contributed by atoms with Crippen LogP contribution in [0, 0.1) is 6.92 Å². The van der Waals surface area contributed by atoms with Crippen molar-refractivity contribution in [1.29, 1.82) is 0 Å². The number of aryl methyl sites for hydroxylation is 1. The third-order valence-corrected chi connectivity index (χ3v) is 3.03. The van der Waals surface area contributed by atoms with Crippen LogP contribution in [0.1, 0.15) is 19.4 Å². The van der Waals surface area contributed by atoms with Crippen molar-refractivity contribution in [2.45, 2.75) is 20.8 Å². The van der Waals surface area contributed by atoms with Crippen LogP contribution >= 0.6 is 11.6 Å². The Labute approximate surface area is 107 Å². The first-order chi connectivity index (χ1) is 8.08. The van der Waals surface area contributed by atoms with Gasteiger partial charge in [-0.3, -0.25) is 4.79 Å². The second kappa shape index (κ2) is 6.50. The Morgan fingerprint density at radius 3 is 2.53 bits per heavy atom. The van der Waals surface area contributed by atoms with Gasteiger partial charge in [0.15, 0.2) is 6.61 Å². The van der Waals surface area contributed by atoms with Crippen LogP contribution in [-0.4, -0.2) is 30.5 Å². The summed E-state index contributed by atoms with van der Waals surface area (Å²) in [5.74, 6) is 0.676. The van der Waals surface area contributed by atoms with Gasteiger partial charge < -0.3 is 9.64 Å². The molecule has 3 nitrogen and oxygen atoms in total. The lowest BCUT2D eigenvalue weighted by atomic mass is 10.2. The highest BCUT2D eigenvalue weighted by Crippen LogP contribution is 2.20. The largest absolute Gasteiger partial charge is 0.484 e. The van der Waals surface area contributed by atoms with E-state index in [-0.39, 0.29) is 12.5 Å². The lowest BCUT2D eigenvalue weighted by molar-refractivity contribution is -0.132. The van der Waals surface area contributed by atoms with E-state index in [9.17, 15) is 4.79 Å². The Hall–Kier alpha value is -1.22. The minimum atomic E-state index is 0.00241. The molecule has 0 aliphatic heterocycles. The third-order valence-electron chi connectivity index (χ3n) is 2.61. The summed E-state index contributed by atoms with van der Waals surface area (Å²) in [4.78, 5) is 13.4. The van der Waals surface area contributed by atoms with Crippen molar-refractivity contribution in [3.8, 4) is 5.75 Å². The Balaban J connectivity index is 2.55. The zero-order valence-electron chi connectivity index (χ0n) is 10.5. The summed E-state index contributed by atoms with van der Waals surface area (Å²) in [5.41, 5.74) is 0.944. The lowest BCUT2D eigenvalue weighted by Gasteiger charge is -2.18. The molecule has 0 radical (unpaired) electrons. The molecule has 4 heteroatoms. The van der Waals surface area contributed by atoms with Crippen LogP contribution in [0.4, 0.5) is 0 Å². The number of likely N-dealkylation sites (N-methyl/N-ethyl adjacent to an activating group) is 1. The van der Waals surface area contributed by atoms with Gasteiger partial charge in [-0.15, -0.1) is 0 Å². The number of carbonyl (C=O) groups excluding carboxylic acids is 1. The smallest absolute Gasteiger partial charge is 0.260 e. The van der Waals surface area contributed by atoms with Gasteiger partial charge in [0.2, 0.25) is 0 Å². The molecule has 0 saturated carbocycles. The molecular weight excluding hydrogens is 238 g/mol. The van der Waals surface area contributed by atoms with Crippen molar-refractivity contribution >= 4 is 17.5 Å². The van der Waals surface area contributed by atoms with E-state index >= 15 is 0 Å². The van der Waals surface area contributed by atoms with Crippen LogP contribution in [-0.2, 0) is 4.79 Å². The van der Waals surface area contributed by atoms with Crippen molar-refractivity contribution in [2.24, 2.45) is 0 Å². The van der Waals surface area contributed by atoms with Crippen molar-refractivity contribution in [1.82, 2.24) is 4.90 Å². The van der Waals surface area contributed by atoms with E-state index in [0.717, 1.165) is 5.56 Å². The van der Waals surface area contributed by atoms with Crippen molar-refractivity contribution < 1.29 is 9.53 Å². The average Bonchev–Trinajstić information content (AvgIpc) is 2.32. The van der Waals surface area contributed by atoms with Gasteiger partial charge in [-0.05, 0) is 44.5 Å². The highest BCUT2D eigenvalue weighted by Gasteiger charge is 2.10. The number of amides is 1. The summed E-state index contributed by atoms with van der Waals surface area (Å²) < 4.78 is 5.44. The zero-order chi connectivity index (χ0) is 12.8. The Morgan fingerprint density at radius 1 is 1.35 bits per heavy atom. The van der Waals surface area contributed by atoms with Gasteiger partial charge in [-0.25, -0.2) is 0 Å². The van der Waals surface area contributed by atoms with Crippen molar-refractivity contribution in [3.05, 3.63) is 28.8 Å². The number of nitrogens with zero attached hydrogens (tertiary/aromatic N) is 1. The Kier molecular flexibility index (Phi) is 5.29. The predicted molar refractivity (Wildman–Crippen MR) is 69.6 cm³/mol. The van der Waals surface area contributed by atoms with Gasteiger partial charge in [0.1, 0.15) is 5.75 Å². The fourth-order valence-electron chi connectivity index (χ4n) is 1.52. The number of benzene rings is 1. The molecule has 1 aromatic rings. The SMILES string of the molecule is CCN(CC)C(=O)COc1ccc(Cl)c(C)c1. The molecule has 0 aliphatic rings. The summed E-state index contributed by atoms with van der Waals surface area (Å²) in [7, 11) is 0. The van der Waals surface area contributed by atoms with E-state index in [1.54, 1.807) is 17.0 Å². The molecule has 0 N–H and O–H groups in total. The highest BCUT2D eigenvalue weighted by molar-refractivity contribution is 6.31. The van der Waals surface area contributed by atoms with E-state index in [2.05, 4.69) is 0 Å². The normalized spacial score (nSPS) is 10.1. The van der Waals surface area contributed by atoms with E-state index in [0.29, 0.717) is 23.9 Å². The molecule has 0 aliphatic carbocycles. The second-order valence-electron chi connectivity index (χ2n) is 3.77. The minimum absolute atomic E-state index is 0.00241. The van der Waals surface area contributed by atoms with Crippen molar-refractivity contribution in [3.63, 3.8) is 0 Å². The quantitative estimate of drug-likeness (QED) is 0.810. The van der Waals surface area contributed by atoms with Gasteiger partial charge in [0, 0.05) is 18.1 Å². The summed E-state index contributed by atoms with van der Waals surface area (Å²) in [6, 6.07) is 5.37. The minimum Gasteiger partial charge on any atom is -0.484 e. The predicted octanol–water partition coefficient (Wildman–Crippen LogP) is 2.90. The lowest BCUT2D eigenvalue weighted by Crippen LogP contribution is -2.34. The maximum absolute atomic E-state index is 11.7. The molecule has 0 fully saturated rings. The topological polar surface area (TPSA) is 29.5 Å². The van der Waals surface area contributed by atoms with Crippen LogP contribution in [0.3, 0.4) is 0 Å². The first-order valence-corrected chi connectivity index (χ1v) is 6.13. The number of hydrogen-bond donors (Lipinski definition) is 0. The molecular formula is C13H18ClNO2. The van der Waals surface area contributed by atoms with Crippen LogP contribution in [0.15, 0.2) is 18.2 Å². The first-order valence-electron chi connectivity index (χ1n) is 5.75. The maximum Gasteiger partial charge on any atom is 0.260 e. The summed E-state index contributed by atoms with van der Waals surface area (Å²) >= 11 is 5.91. The fourth-order valence-corrected chi connectivity index (χ4v) is 1.64. The maximum atomic E-state index is 11.7. The Morgan fingerprint density at radius 2 is 2.00 bits per heavy atom. The third kappa shape index (κ3) is 3.93. The highest BCUT2D eigenvalue weighted by atomic mass is 35.5.